The summed E-state index contributed by atoms with van der Waals surface area (Å²) in [5.74, 6) is -0.684. The predicted molar refractivity (Wildman–Crippen MR) is 167 cm³/mol. The molecule has 1 atom stereocenters. The first-order valence-electron chi connectivity index (χ1n) is 13.4. The normalized spacial score (nSPS) is 12.2. The van der Waals surface area contributed by atoms with E-state index in [0.717, 1.165) is 27.3 Å². The number of carbonyl (C=O) groups is 2. The number of anilines is 1. The van der Waals surface area contributed by atoms with Crippen LogP contribution in [0.5, 0.6) is 0 Å². The van der Waals surface area contributed by atoms with Crippen molar-refractivity contribution in [2.24, 2.45) is 5.92 Å². The van der Waals surface area contributed by atoms with Crippen LogP contribution in [0, 0.1) is 19.8 Å². The van der Waals surface area contributed by atoms with Crippen molar-refractivity contribution in [2.75, 3.05) is 23.7 Å². The van der Waals surface area contributed by atoms with Crippen molar-refractivity contribution in [3.05, 3.63) is 99.0 Å². The van der Waals surface area contributed by atoms with Gasteiger partial charge in [-0.2, -0.15) is 0 Å². The highest BCUT2D eigenvalue weighted by atomic mass is 35.5. The first-order chi connectivity index (χ1) is 19.2. The molecule has 0 fully saturated rings. The van der Waals surface area contributed by atoms with Gasteiger partial charge in [0.2, 0.25) is 21.8 Å². The molecule has 3 aromatic carbocycles. The number of aryl methyl sites for hydroxylation is 2. The van der Waals surface area contributed by atoms with Gasteiger partial charge in [-0.25, -0.2) is 8.42 Å². The molecule has 0 aromatic heterocycles. The molecule has 3 rings (SSSR count). The van der Waals surface area contributed by atoms with E-state index in [1.165, 1.54) is 4.90 Å². The number of hydrogen-bond acceptors (Lipinski definition) is 4. The van der Waals surface area contributed by atoms with Gasteiger partial charge < -0.3 is 10.2 Å². The molecule has 0 bridgehead atoms. The minimum Gasteiger partial charge on any atom is -0.354 e. The van der Waals surface area contributed by atoms with E-state index in [-0.39, 0.29) is 24.8 Å². The van der Waals surface area contributed by atoms with E-state index < -0.39 is 28.5 Å². The molecule has 0 spiro atoms. The Morgan fingerprint density at radius 2 is 1.56 bits per heavy atom. The Bertz CT molecular complexity index is 1460. The third-order valence-electron chi connectivity index (χ3n) is 6.49. The van der Waals surface area contributed by atoms with Crippen molar-refractivity contribution in [2.45, 2.75) is 46.7 Å². The van der Waals surface area contributed by atoms with E-state index in [4.69, 9.17) is 23.2 Å². The van der Waals surface area contributed by atoms with Crippen molar-refractivity contribution < 1.29 is 18.0 Å². The molecule has 41 heavy (non-hydrogen) atoms. The molecule has 220 valence electrons. The van der Waals surface area contributed by atoms with Crippen LogP contribution in [-0.2, 0) is 32.6 Å². The lowest BCUT2D eigenvalue weighted by atomic mass is 10.0. The summed E-state index contributed by atoms with van der Waals surface area (Å²) in [4.78, 5) is 29.3. The molecule has 3 aromatic rings. The van der Waals surface area contributed by atoms with Crippen LogP contribution in [0.25, 0.3) is 0 Å². The molecule has 0 radical (unpaired) electrons. The van der Waals surface area contributed by atoms with Crippen LogP contribution >= 0.6 is 23.2 Å². The van der Waals surface area contributed by atoms with Crippen LogP contribution in [0.15, 0.2) is 66.7 Å². The standard InChI is InChI=1S/C31H37Cl2N3O4S/c1-21(2)18-34-31(38)29(16-24-9-7-6-8-10-24)35(19-25-11-12-26(32)17-28(25)33)30(37)20-36(41(5,39)40)27-14-22(3)13-23(4)15-27/h6-15,17,21,29H,16,18-20H2,1-5H3,(H,34,38). The van der Waals surface area contributed by atoms with Crippen molar-refractivity contribution in [3.63, 3.8) is 0 Å². The molecule has 0 aliphatic rings. The van der Waals surface area contributed by atoms with E-state index in [1.807, 2.05) is 64.1 Å². The largest absolute Gasteiger partial charge is 0.354 e. The summed E-state index contributed by atoms with van der Waals surface area (Å²) in [6.07, 6.45) is 1.29. The molecule has 7 nitrogen and oxygen atoms in total. The van der Waals surface area contributed by atoms with Gasteiger partial charge in [0.25, 0.3) is 0 Å². The highest BCUT2D eigenvalue weighted by Crippen LogP contribution is 2.26. The smallest absolute Gasteiger partial charge is 0.244 e. The lowest BCUT2D eigenvalue weighted by molar-refractivity contribution is -0.140. The van der Waals surface area contributed by atoms with Crippen molar-refractivity contribution in [3.8, 4) is 0 Å². The average molecular weight is 619 g/mol. The molecular formula is C31H37Cl2N3O4S. The summed E-state index contributed by atoms with van der Waals surface area (Å²) in [6, 6.07) is 18.8. The second kappa shape index (κ2) is 14.2. The van der Waals surface area contributed by atoms with Crippen LogP contribution in [0.2, 0.25) is 10.0 Å². The number of amides is 2. The van der Waals surface area contributed by atoms with Gasteiger partial charge in [0, 0.05) is 29.6 Å². The number of hydrogen-bond donors (Lipinski definition) is 1. The van der Waals surface area contributed by atoms with Crippen molar-refractivity contribution in [1.82, 2.24) is 10.2 Å². The Balaban J connectivity index is 2.09. The maximum absolute atomic E-state index is 14.2. The van der Waals surface area contributed by atoms with Gasteiger partial charge in [0.15, 0.2) is 0 Å². The number of benzene rings is 3. The van der Waals surface area contributed by atoms with E-state index in [9.17, 15) is 18.0 Å². The summed E-state index contributed by atoms with van der Waals surface area (Å²) in [5.41, 5.74) is 3.54. The van der Waals surface area contributed by atoms with Crippen LogP contribution in [0.3, 0.4) is 0 Å². The fourth-order valence-corrected chi connectivity index (χ4v) is 5.82. The zero-order chi connectivity index (χ0) is 30.3. The van der Waals surface area contributed by atoms with Gasteiger partial charge in [-0.3, -0.25) is 13.9 Å². The Morgan fingerprint density at radius 1 is 0.927 bits per heavy atom. The summed E-state index contributed by atoms with van der Waals surface area (Å²) < 4.78 is 27.0. The second-order valence-electron chi connectivity index (χ2n) is 10.7. The molecule has 1 unspecified atom stereocenters. The zero-order valence-corrected chi connectivity index (χ0v) is 26.4. The minimum atomic E-state index is -3.85. The quantitative estimate of drug-likeness (QED) is 0.279. The van der Waals surface area contributed by atoms with E-state index in [2.05, 4.69) is 5.32 Å². The first kappa shape index (κ1) is 32.4. The third kappa shape index (κ3) is 9.48. The van der Waals surface area contributed by atoms with Crippen LogP contribution in [0.1, 0.15) is 36.1 Å². The van der Waals surface area contributed by atoms with Crippen molar-refractivity contribution >= 4 is 50.7 Å². The Hall–Kier alpha value is -3.07. The number of rotatable bonds is 12. The van der Waals surface area contributed by atoms with Crippen molar-refractivity contribution in [1.29, 1.82) is 0 Å². The molecule has 1 N–H and O–H groups in total. The number of nitrogens with one attached hydrogen (secondary N) is 1. The van der Waals surface area contributed by atoms with E-state index >= 15 is 0 Å². The molecular weight excluding hydrogens is 581 g/mol. The van der Waals surface area contributed by atoms with Gasteiger partial charge in [0.05, 0.1) is 11.9 Å². The summed E-state index contributed by atoms with van der Waals surface area (Å²) in [5, 5.41) is 3.73. The Morgan fingerprint density at radius 3 is 2.12 bits per heavy atom. The van der Waals surface area contributed by atoms with E-state index in [1.54, 1.807) is 30.3 Å². The zero-order valence-electron chi connectivity index (χ0n) is 24.0. The first-order valence-corrected chi connectivity index (χ1v) is 16.0. The highest BCUT2D eigenvalue weighted by molar-refractivity contribution is 7.92. The summed E-state index contributed by atoms with van der Waals surface area (Å²) in [6.45, 7) is 7.60. The number of halogens is 2. The van der Waals surface area contributed by atoms with Gasteiger partial charge in [0.1, 0.15) is 12.6 Å². The summed E-state index contributed by atoms with van der Waals surface area (Å²) >= 11 is 12.6. The maximum atomic E-state index is 14.2. The molecule has 2 amide bonds. The van der Waals surface area contributed by atoms with Crippen LogP contribution < -0.4 is 9.62 Å². The van der Waals surface area contributed by atoms with Gasteiger partial charge >= 0.3 is 0 Å². The monoisotopic (exact) mass is 617 g/mol. The maximum Gasteiger partial charge on any atom is 0.244 e. The van der Waals surface area contributed by atoms with Crippen LogP contribution in [0.4, 0.5) is 5.69 Å². The van der Waals surface area contributed by atoms with Gasteiger partial charge in [-0.15, -0.1) is 0 Å². The van der Waals surface area contributed by atoms with Gasteiger partial charge in [-0.1, -0.05) is 79.5 Å². The second-order valence-corrected chi connectivity index (χ2v) is 13.5. The van der Waals surface area contributed by atoms with Crippen LogP contribution in [-0.4, -0.2) is 50.5 Å². The van der Waals surface area contributed by atoms with Gasteiger partial charge in [-0.05, 0) is 66.3 Å². The molecule has 10 heteroatoms. The number of carbonyl (C=O) groups excluding carboxylic acids is 2. The Kier molecular flexibility index (Phi) is 11.2. The number of sulfonamides is 1. The van der Waals surface area contributed by atoms with E-state index in [0.29, 0.717) is 27.8 Å². The third-order valence-corrected chi connectivity index (χ3v) is 8.21. The molecule has 0 aliphatic carbocycles. The molecule has 0 aliphatic heterocycles. The molecule has 0 saturated carbocycles. The summed E-state index contributed by atoms with van der Waals surface area (Å²) in [7, 11) is -3.85. The Labute approximate surface area is 253 Å². The fraction of sp³-hybridized carbons (Fsp3) is 0.355. The molecule has 0 saturated heterocycles. The fourth-order valence-electron chi connectivity index (χ4n) is 4.52. The lowest BCUT2D eigenvalue weighted by Crippen LogP contribution is -2.53. The number of nitrogens with zero attached hydrogens (tertiary/aromatic N) is 2. The SMILES string of the molecule is Cc1cc(C)cc(N(CC(=O)N(Cc2ccc(Cl)cc2Cl)C(Cc2ccccc2)C(=O)NCC(C)C)S(C)(=O)=O)c1. The predicted octanol–water partition coefficient (Wildman–Crippen LogP) is 5.79. The molecule has 0 heterocycles. The lowest BCUT2D eigenvalue weighted by Gasteiger charge is -2.34. The highest BCUT2D eigenvalue weighted by Gasteiger charge is 2.33. The average Bonchev–Trinajstić information content (AvgIpc) is 2.88. The minimum absolute atomic E-state index is 0.0219. The topological polar surface area (TPSA) is 86.8 Å².